The van der Waals surface area contributed by atoms with Gasteiger partial charge in [-0.15, -0.1) is 0 Å². The van der Waals surface area contributed by atoms with Gasteiger partial charge < -0.3 is 10.2 Å². The molecule has 0 atom stereocenters. The molecular weight excluding hydrogens is 260 g/mol. The molecule has 3 heteroatoms. The molecule has 1 amide bonds. The topological polar surface area (TPSA) is 32.3 Å². The quantitative estimate of drug-likeness (QED) is 0.935. The molecule has 1 N–H and O–H groups in total. The van der Waals surface area contributed by atoms with Crippen LogP contribution in [0.25, 0.3) is 0 Å². The Kier molecular flexibility index (Phi) is 3.65. The fourth-order valence-corrected chi connectivity index (χ4v) is 2.95. The molecule has 0 saturated heterocycles. The van der Waals surface area contributed by atoms with Crippen molar-refractivity contribution in [3.8, 4) is 0 Å². The molecule has 0 radical (unpaired) electrons. The second-order valence-corrected chi connectivity index (χ2v) is 5.54. The second-order valence-electron chi connectivity index (χ2n) is 5.54. The number of nitrogens with one attached hydrogen (secondary N) is 1. The third-order valence-electron chi connectivity index (χ3n) is 4.09. The highest BCUT2D eigenvalue weighted by molar-refractivity contribution is 5.98. The highest BCUT2D eigenvalue weighted by Crippen LogP contribution is 2.27. The summed E-state index contributed by atoms with van der Waals surface area (Å²) in [4.78, 5) is 14.4. The Morgan fingerprint density at radius 1 is 1.10 bits per heavy atom. The van der Waals surface area contributed by atoms with Gasteiger partial charge in [-0.1, -0.05) is 36.4 Å². The first kappa shape index (κ1) is 13.7. The molecule has 0 bridgehead atoms. The SMILES string of the molecule is Cc1cccc(C)c1NCC(=O)N1CCc2ccccc21. The average molecular weight is 280 g/mol. The van der Waals surface area contributed by atoms with E-state index in [-0.39, 0.29) is 5.91 Å². The third kappa shape index (κ3) is 2.64. The van der Waals surface area contributed by atoms with Gasteiger partial charge in [0.1, 0.15) is 0 Å². The van der Waals surface area contributed by atoms with Gasteiger partial charge in [0.2, 0.25) is 5.91 Å². The number of nitrogens with zero attached hydrogens (tertiary/aromatic N) is 1. The average Bonchev–Trinajstić information content (AvgIpc) is 2.90. The molecule has 3 nitrogen and oxygen atoms in total. The fourth-order valence-electron chi connectivity index (χ4n) is 2.95. The number of carbonyl (C=O) groups excluding carboxylic acids is 1. The van der Waals surface area contributed by atoms with E-state index in [1.54, 1.807) is 0 Å². The van der Waals surface area contributed by atoms with E-state index in [4.69, 9.17) is 0 Å². The number of hydrogen-bond acceptors (Lipinski definition) is 2. The van der Waals surface area contributed by atoms with Gasteiger partial charge in [-0.2, -0.15) is 0 Å². The van der Waals surface area contributed by atoms with Crippen LogP contribution in [0.2, 0.25) is 0 Å². The molecule has 3 rings (SSSR count). The van der Waals surface area contributed by atoms with Gasteiger partial charge in [0.25, 0.3) is 0 Å². The van der Waals surface area contributed by atoms with Crippen LogP contribution in [0.5, 0.6) is 0 Å². The van der Waals surface area contributed by atoms with Crippen LogP contribution in [-0.2, 0) is 11.2 Å². The molecule has 0 spiro atoms. The van der Waals surface area contributed by atoms with E-state index in [9.17, 15) is 4.79 Å². The van der Waals surface area contributed by atoms with E-state index in [1.807, 2.05) is 29.2 Å². The maximum Gasteiger partial charge on any atom is 0.246 e. The number of anilines is 2. The van der Waals surface area contributed by atoms with Crippen molar-refractivity contribution >= 4 is 17.3 Å². The van der Waals surface area contributed by atoms with Crippen molar-refractivity contribution in [2.75, 3.05) is 23.3 Å². The van der Waals surface area contributed by atoms with Gasteiger partial charge >= 0.3 is 0 Å². The Balaban J connectivity index is 1.71. The predicted octanol–water partition coefficient (Wildman–Crippen LogP) is 3.30. The number of rotatable bonds is 3. The molecule has 2 aromatic carbocycles. The molecule has 1 aliphatic heterocycles. The molecule has 108 valence electrons. The van der Waals surface area contributed by atoms with E-state index >= 15 is 0 Å². The largest absolute Gasteiger partial charge is 0.376 e. The van der Waals surface area contributed by atoms with Crippen molar-refractivity contribution in [1.29, 1.82) is 0 Å². The minimum absolute atomic E-state index is 0.127. The highest BCUT2D eigenvalue weighted by atomic mass is 16.2. The minimum Gasteiger partial charge on any atom is -0.376 e. The van der Waals surface area contributed by atoms with Crippen molar-refractivity contribution < 1.29 is 4.79 Å². The zero-order chi connectivity index (χ0) is 14.8. The second kappa shape index (κ2) is 5.60. The van der Waals surface area contributed by atoms with Gasteiger partial charge in [-0.3, -0.25) is 4.79 Å². The lowest BCUT2D eigenvalue weighted by atomic mass is 10.1. The van der Waals surface area contributed by atoms with Crippen molar-refractivity contribution in [1.82, 2.24) is 0 Å². The van der Waals surface area contributed by atoms with Crippen LogP contribution < -0.4 is 10.2 Å². The van der Waals surface area contributed by atoms with Gasteiger partial charge in [-0.05, 0) is 43.0 Å². The van der Waals surface area contributed by atoms with E-state index in [2.05, 4.69) is 37.4 Å². The third-order valence-corrected chi connectivity index (χ3v) is 4.09. The molecule has 0 aromatic heterocycles. The summed E-state index contributed by atoms with van der Waals surface area (Å²) in [6, 6.07) is 14.3. The lowest BCUT2D eigenvalue weighted by molar-refractivity contribution is -0.116. The summed E-state index contributed by atoms with van der Waals surface area (Å²) in [6.45, 7) is 5.24. The van der Waals surface area contributed by atoms with E-state index in [0.29, 0.717) is 6.54 Å². The summed E-state index contributed by atoms with van der Waals surface area (Å²) in [6.07, 6.45) is 0.950. The number of carbonyl (C=O) groups is 1. The van der Waals surface area contributed by atoms with Gasteiger partial charge in [0.05, 0.1) is 6.54 Å². The molecule has 2 aromatic rings. The molecule has 0 aliphatic carbocycles. The van der Waals surface area contributed by atoms with Gasteiger partial charge in [0.15, 0.2) is 0 Å². The van der Waals surface area contributed by atoms with Crippen LogP contribution >= 0.6 is 0 Å². The number of aryl methyl sites for hydroxylation is 2. The Hall–Kier alpha value is -2.29. The van der Waals surface area contributed by atoms with Crippen LogP contribution in [-0.4, -0.2) is 19.0 Å². The Morgan fingerprint density at radius 3 is 2.57 bits per heavy atom. The van der Waals surface area contributed by atoms with Crippen molar-refractivity contribution in [3.05, 3.63) is 59.2 Å². The number of fused-ring (bicyclic) bond motifs is 1. The predicted molar refractivity (Wildman–Crippen MR) is 86.9 cm³/mol. The summed E-state index contributed by atoms with van der Waals surface area (Å²) in [5.41, 5.74) is 5.73. The molecule has 1 heterocycles. The zero-order valence-electron chi connectivity index (χ0n) is 12.5. The monoisotopic (exact) mass is 280 g/mol. The normalized spacial score (nSPS) is 13.1. The Labute approximate surface area is 125 Å². The lowest BCUT2D eigenvalue weighted by Gasteiger charge is -2.19. The van der Waals surface area contributed by atoms with Crippen LogP contribution in [0, 0.1) is 13.8 Å². The van der Waals surface area contributed by atoms with Crippen LogP contribution in [0.4, 0.5) is 11.4 Å². The maximum atomic E-state index is 12.5. The summed E-state index contributed by atoms with van der Waals surface area (Å²) in [5, 5.41) is 3.30. The lowest BCUT2D eigenvalue weighted by Crippen LogP contribution is -2.34. The Morgan fingerprint density at radius 2 is 1.81 bits per heavy atom. The van der Waals surface area contributed by atoms with Crippen LogP contribution in [0.15, 0.2) is 42.5 Å². The van der Waals surface area contributed by atoms with E-state index < -0.39 is 0 Å². The van der Waals surface area contributed by atoms with Gasteiger partial charge in [-0.25, -0.2) is 0 Å². The maximum absolute atomic E-state index is 12.5. The first-order valence-electron chi connectivity index (χ1n) is 7.35. The standard InChI is InChI=1S/C18H20N2O/c1-13-6-5-7-14(2)18(13)19-12-17(21)20-11-10-15-8-3-4-9-16(15)20/h3-9,19H,10-12H2,1-2H3. The number of amides is 1. The zero-order valence-corrected chi connectivity index (χ0v) is 12.5. The summed E-state index contributed by atoms with van der Waals surface area (Å²) < 4.78 is 0. The fraction of sp³-hybridized carbons (Fsp3) is 0.278. The van der Waals surface area contributed by atoms with E-state index in [1.165, 1.54) is 16.7 Å². The molecule has 1 aliphatic rings. The molecule has 21 heavy (non-hydrogen) atoms. The van der Waals surface area contributed by atoms with Crippen molar-refractivity contribution in [2.24, 2.45) is 0 Å². The molecule has 0 unspecified atom stereocenters. The summed E-state index contributed by atoms with van der Waals surface area (Å²) in [7, 11) is 0. The molecule has 0 saturated carbocycles. The number of para-hydroxylation sites is 2. The van der Waals surface area contributed by atoms with Crippen molar-refractivity contribution in [2.45, 2.75) is 20.3 Å². The van der Waals surface area contributed by atoms with Crippen molar-refractivity contribution in [3.63, 3.8) is 0 Å². The van der Waals surface area contributed by atoms with Crippen LogP contribution in [0.3, 0.4) is 0 Å². The smallest absolute Gasteiger partial charge is 0.246 e. The first-order valence-corrected chi connectivity index (χ1v) is 7.35. The Bertz CT molecular complexity index is 658. The molecule has 0 fully saturated rings. The van der Waals surface area contributed by atoms with Crippen LogP contribution in [0.1, 0.15) is 16.7 Å². The summed E-state index contributed by atoms with van der Waals surface area (Å²) in [5.74, 6) is 0.127. The summed E-state index contributed by atoms with van der Waals surface area (Å²) >= 11 is 0. The number of benzene rings is 2. The number of hydrogen-bond donors (Lipinski definition) is 1. The highest BCUT2D eigenvalue weighted by Gasteiger charge is 2.23. The molecular formula is C18H20N2O. The first-order chi connectivity index (χ1) is 10.2. The van der Waals surface area contributed by atoms with E-state index in [0.717, 1.165) is 24.3 Å². The van der Waals surface area contributed by atoms with Gasteiger partial charge in [0, 0.05) is 17.9 Å². The minimum atomic E-state index is 0.127.